The van der Waals surface area contributed by atoms with E-state index in [4.69, 9.17) is 16.7 Å². The van der Waals surface area contributed by atoms with Crippen LogP contribution in [0.4, 0.5) is 13.2 Å². The van der Waals surface area contributed by atoms with Crippen molar-refractivity contribution in [2.45, 2.75) is 12.3 Å². The van der Waals surface area contributed by atoms with Gasteiger partial charge in [-0.2, -0.15) is 13.2 Å². The minimum atomic E-state index is -4.70. The van der Waals surface area contributed by atoms with Crippen LogP contribution in [0.5, 0.6) is 0 Å². The molecule has 0 spiro atoms. The summed E-state index contributed by atoms with van der Waals surface area (Å²) in [7, 11) is 0. The molecule has 0 aliphatic heterocycles. The average molecular weight is 289 g/mol. The van der Waals surface area contributed by atoms with Crippen LogP contribution in [0.1, 0.15) is 11.7 Å². The third kappa shape index (κ3) is 2.62. The van der Waals surface area contributed by atoms with Gasteiger partial charge in [0.2, 0.25) is 0 Å². The van der Waals surface area contributed by atoms with E-state index in [9.17, 15) is 13.2 Å². The minimum absolute atomic E-state index is 0.121. The van der Waals surface area contributed by atoms with Gasteiger partial charge in [0.05, 0.1) is 0 Å². The molecule has 0 saturated carbocycles. The highest BCUT2D eigenvalue weighted by atomic mass is 79.9. The van der Waals surface area contributed by atoms with E-state index in [1.165, 1.54) is 12.1 Å². The molecule has 0 unspecified atom stereocenters. The fourth-order valence-corrected chi connectivity index (χ4v) is 1.68. The zero-order valence-corrected chi connectivity index (χ0v) is 8.99. The summed E-state index contributed by atoms with van der Waals surface area (Å²) in [5.74, 6) is 0. The molecule has 1 N–H and O–H groups in total. The van der Waals surface area contributed by atoms with E-state index in [0.717, 1.165) is 6.07 Å². The van der Waals surface area contributed by atoms with Crippen molar-refractivity contribution in [2.24, 2.45) is 0 Å². The number of hydrogen-bond donors (Lipinski definition) is 1. The van der Waals surface area contributed by atoms with Crippen LogP contribution in [0.25, 0.3) is 0 Å². The lowest BCUT2D eigenvalue weighted by molar-refractivity contribution is -0.206. The summed E-state index contributed by atoms with van der Waals surface area (Å²) in [5.41, 5.74) is -0.345. The largest absolute Gasteiger partial charge is 0.418 e. The summed E-state index contributed by atoms with van der Waals surface area (Å²) >= 11 is 8.59. The molecule has 0 heterocycles. The van der Waals surface area contributed by atoms with Crippen LogP contribution in [0.15, 0.2) is 22.7 Å². The van der Waals surface area contributed by atoms with Gasteiger partial charge < -0.3 is 5.11 Å². The van der Waals surface area contributed by atoms with Gasteiger partial charge in [-0.25, -0.2) is 0 Å². The topological polar surface area (TPSA) is 20.2 Å². The molecule has 1 rings (SSSR count). The third-order valence-electron chi connectivity index (χ3n) is 1.57. The fourth-order valence-electron chi connectivity index (χ4n) is 0.900. The number of aliphatic hydroxyl groups is 1. The van der Waals surface area contributed by atoms with E-state index in [2.05, 4.69) is 15.9 Å². The fraction of sp³-hybridized carbons (Fsp3) is 0.250. The SMILES string of the molecule is O[C@@H](c1ccc(Br)cc1Cl)C(F)(F)F. The second kappa shape index (κ2) is 4.08. The van der Waals surface area contributed by atoms with Crippen molar-refractivity contribution < 1.29 is 18.3 Å². The standard InChI is InChI=1S/C8H5BrClF3O/c9-4-1-2-5(6(10)3-4)7(14)8(11,12)13/h1-3,7,14H/t7-/m0/s1. The minimum Gasteiger partial charge on any atom is -0.379 e. The first-order chi connectivity index (χ1) is 6.32. The molecule has 0 bridgehead atoms. The van der Waals surface area contributed by atoms with Crippen LogP contribution in [-0.4, -0.2) is 11.3 Å². The van der Waals surface area contributed by atoms with Crippen molar-refractivity contribution >= 4 is 27.5 Å². The molecular weight excluding hydrogens is 284 g/mol. The van der Waals surface area contributed by atoms with Gasteiger partial charge in [0.1, 0.15) is 0 Å². The van der Waals surface area contributed by atoms with E-state index in [1.54, 1.807) is 0 Å². The van der Waals surface area contributed by atoms with Gasteiger partial charge in [0, 0.05) is 15.1 Å². The van der Waals surface area contributed by atoms with Gasteiger partial charge in [0.15, 0.2) is 6.10 Å². The quantitative estimate of drug-likeness (QED) is 0.836. The van der Waals surface area contributed by atoms with Crippen LogP contribution in [0.2, 0.25) is 5.02 Å². The monoisotopic (exact) mass is 288 g/mol. The summed E-state index contributed by atoms with van der Waals surface area (Å²) < 4.78 is 36.8. The Hall–Kier alpha value is -0.260. The lowest BCUT2D eigenvalue weighted by Crippen LogP contribution is -2.20. The van der Waals surface area contributed by atoms with Crippen molar-refractivity contribution in [2.75, 3.05) is 0 Å². The van der Waals surface area contributed by atoms with Crippen LogP contribution in [0, 0.1) is 0 Å². The normalized spacial score (nSPS) is 14.1. The molecule has 0 aromatic heterocycles. The van der Waals surface area contributed by atoms with Gasteiger partial charge in [0.25, 0.3) is 0 Å². The summed E-state index contributed by atoms with van der Waals surface area (Å²) in [4.78, 5) is 0. The first-order valence-corrected chi connectivity index (χ1v) is 4.69. The van der Waals surface area contributed by atoms with Crippen molar-refractivity contribution in [3.05, 3.63) is 33.3 Å². The molecule has 1 nitrogen and oxygen atoms in total. The molecule has 0 aliphatic rings. The number of halogens is 5. The number of alkyl halides is 3. The highest BCUT2D eigenvalue weighted by Gasteiger charge is 2.40. The molecule has 0 aliphatic carbocycles. The van der Waals surface area contributed by atoms with Crippen LogP contribution in [0.3, 0.4) is 0 Å². The van der Waals surface area contributed by atoms with Gasteiger partial charge in [-0.05, 0) is 12.1 Å². The van der Waals surface area contributed by atoms with Gasteiger partial charge in [-0.15, -0.1) is 0 Å². The Kier molecular flexibility index (Phi) is 3.44. The first-order valence-electron chi connectivity index (χ1n) is 3.52. The van der Waals surface area contributed by atoms with E-state index >= 15 is 0 Å². The Morgan fingerprint density at radius 2 is 1.93 bits per heavy atom. The average Bonchev–Trinajstić information content (AvgIpc) is 2.01. The Bertz CT molecular complexity index is 340. The summed E-state index contributed by atoms with van der Waals surface area (Å²) in [6, 6.07) is 3.81. The van der Waals surface area contributed by atoms with Gasteiger partial charge in [-0.3, -0.25) is 0 Å². The molecule has 1 aromatic carbocycles. The first kappa shape index (κ1) is 11.8. The number of benzene rings is 1. The van der Waals surface area contributed by atoms with Crippen molar-refractivity contribution in [1.29, 1.82) is 0 Å². The molecule has 0 amide bonds. The van der Waals surface area contributed by atoms with Crippen LogP contribution >= 0.6 is 27.5 Å². The van der Waals surface area contributed by atoms with Crippen molar-refractivity contribution in [3.63, 3.8) is 0 Å². The second-order valence-corrected chi connectivity index (χ2v) is 3.93. The summed E-state index contributed by atoms with van der Waals surface area (Å²) in [6.45, 7) is 0. The molecule has 1 aromatic rings. The van der Waals surface area contributed by atoms with Gasteiger partial charge >= 0.3 is 6.18 Å². The van der Waals surface area contributed by atoms with Crippen molar-refractivity contribution in [3.8, 4) is 0 Å². The number of rotatable bonds is 1. The second-order valence-electron chi connectivity index (χ2n) is 2.61. The molecular formula is C8H5BrClF3O. The molecule has 0 fully saturated rings. The Balaban J connectivity index is 3.08. The van der Waals surface area contributed by atoms with E-state index in [0.29, 0.717) is 4.47 Å². The predicted octanol–water partition coefficient (Wildman–Crippen LogP) is 3.70. The zero-order valence-electron chi connectivity index (χ0n) is 6.65. The maximum absolute atomic E-state index is 12.1. The van der Waals surface area contributed by atoms with Crippen LogP contribution < -0.4 is 0 Å². The molecule has 6 heteroatoms. The van der Waals surface area contributed by atoms with Crippen molar-refractivity contribution in [1.82, 2.24) is 0 Å². The van der Waals surface area contributed by atoms with E-state index in [-0.39, 0.29) is 10.6 Å². The van der Waals surface area contributed by atoms with Gasteiger partial charge in [-0.1, -0.05) is 33.6 Å². The third-order valence-corrected chi connectivity index (χ3v) is 2.39. The van der Waals surface area contributed by atoms with E-state index < -0.39 is 12.3 Å². The number of hydrogen-bond acceptors (Lipinski definition) is 1. The molecule has 0 radical (unpaired) electrons. The Morgan fingerprint density at radius 1 is 1.36 bits per heavy atom. The summed E-state index contributed by atoms with van der Waals surface area (Å²) in [6.07, 6.45) is -7.24. The lowest BCUT2D eigenvalue weighted by Gasteiger charge is -2.15. The highest BCUT2D eigenvalue weighted by molar-refractivity contribution is 9.10. The number of aliphatic hydroxyl groups excluding tert-OH is 1. The molecule has 0 saturated heterocycles. The Morgan fingerprint density at radius 3 is 2.36 bits per heavy atom. The molecule has 1 atom stereocenters. The lowest BCUT2D eigenvalue weighted by atomic mass is 10.1. The maximum atomic E-state index is 12.1. The molecule has 78 valence electrons. The van der Waals surface area contributed by atoms with Crippen LogP contribution in [-0.2, 0) is 0 Å². The highest BCUT2D eigenvalue weighted by Crippen LogP contribution is 2.36. The Labute approximate surface area is 91.6 Å². The smallest absolute Gasteiger partial charge is 0.379 e. The maximum Gasteiger partial charge on any atom is 0.418 e. The zero-order chi connectivity index (χ0) is 10.9. The summed E-state index contributed by atoms with van der Waals surface area (Å²) in [5, 5.41) is 8.78. The van der Waals surface area contributed by atoms with E-state index in [1.807, 2.05) is 0 Å². The molecule has 14 heavy (non-hydrogen) atoms. The predicted molar refractivity (Wildman–Crippen MR) is 50.2 cm³/mol.